The minimum Gasteiger partial charge on any atom is -0.425 e. The van der Waals surface area contributed by atoms with E-state index in [0.717, 1.165) is 30.7 Å². The van der Waals surface area contributed by atoms with Gasteiger partial charge in [0.1, 0.15) is 0 Å². The lowest BCUT2D eigenvalue weighted by molar-refractivity contribution is 0.385. The van der Waals surface area contributed by atoms with Gasteiger partial charge in [0.05, 0.1) is 0 Å². The van der Waals surface area contributed by atoms with Gasteiger partial charge in [-0.25, -0.2) is 0 Å². The fourth-order valence-electron chi connectivity index (χ4n) is 1.89. The zero-order valence-corrected chi connectivity index (χ0v) is 11.3. The second-order valence-electron chi connectivity index (χ2n) is 6.09. The Morgan fingerprint density at radius 3 is 2.65 bits per heavy atom. The van der Waals surface area contributed by atoms with E-state index < -0.39 is 0 Å². The maximum absolute atomic E-state index is 5.70. The van der Waals surface area contributed by atoms with Crippen molar-refractivity contribution < 1.29 is 4.42 Å². The van der Waals surface area contributed by atoms with Gasteiger partial charge in [-0.05, 0) is 39.5 Å². The lowest BCUT2D eigenvalue weighted by Crippen LogP contribution is -2.37. The van der Waals surface area contributed by atoms with Crippen LogP contribution in [-0.2, 0) is 6.42 Å². The summed E-state index contributed by atoms with van der Waals surface area (Å²) >= 11 is 0. The van der Waals surface area contributed by atoms with E-state index in [4.69, 9.17) is 4.42 Å². The second kappa shape index (κ2) is 4.77. The number of nitrogens with one attached hydrogen (secondary N) is 1. The van der Waals surface area contributed by atoms with Crippen molar-refractivity contribution in [2.75, 3.05) is 6.54 Å². The summed E-state index contributed by atoms with van der Waals surface area (Å²) in [6.45, 7) is 9.52. The molecule has 4 nitrogen and oxygen atoms in total. The molecule has 2 rings (SSSR count). The average Bonchev–Trinajstić information content (AvgIpc) is 2.96. The fourth-order valence-corrected chi connectivity index (χ4v) is 1.89. The first-order valence-electron chi connectivity index (χ1n) is 6.53. The van der Waals surface area contributed by atoms with Crippen molar-refractivity contribution in [2.45, 2.75) is 58.4 Å². The van der Waals surface area contributed by atoms with E-state index in [-0.39, 0.29) is 5.54 Å². The third-order valence-electron chi connectivity index (χ3n) is 3.20. The largest absolute Gasteiger partial charge is 0.425 e. The lowest BCUT2D eigenvalue weighted by Gasteiger charge is -2.19. The number of aromatic nitrogens is 2. The molecule has 17 heavy (non-hydrogen) atoms. The van der Waals surface area contributed by atoms with Gasteiger partial charge < -0.3 is 9.73 Å². The molecular weight excluding hydrogens is 214 g/mol. The summed E-state index contributed by atoms with van der Waals surface area (Å²) in [6, 6.07) is 0. The molecule has 1 aliphatic rings. The number of hydrogen-bond donors (Lipinski definition) is 1. The van der Waals surface area contributed by atoms with Gasteiger partial charge in [-0.15, -0.1) is 10.2 Å². The molecule has 1 saturated carbocycles. The number of rotatable bonds is 5. The van der Waals surface area contributed by atoms with Crippen LogP contribution in [0.15, 0.2) is 4.42 Å². The van der Waals surface area contributed by atoms with Crippen LogP contribution in [0, 0.1) is 5.92 Å². The molecule has 1 fully saturated rings. The summed E-state index contributed by atoms with van der Waals surface area (Å²) in [4.78, 5) is 0. The van der Waals surface area contributed by atoms with E-state index >= 15 is 0 Å². The highest BCUT2D eigenvalue weighted by Crippen LogP contribution is 2.41. The Kier molecular flexibility index (Phi) is 3.52. The molecule has 1 N–H and O–H groups in total. The van der Waals surface area contributed by atoms with Gasteiger partial charge >= 0.3 is 0 Å². The molecule has 4 heteroatoms. The van der Waals surface area contributed by atoms with Gasteiger partial charge in [0.25, 0.3) is 0 Å². The molecule has 0 aromatic carbocycles. The fraction of sp³-hybridized carbons (Fsp3) is 0.846. The molecule has 1 atom stereocenters. The predicted molar refractivity (Wildman–Crippen MR) is 66.9 cm³/mol. The SMILES string of the molecule is CC(c1nnc(CCNC(C)(C)C)o1)C1CC1. The second-order valence-corrected chi connectivity index (χ2v) is 6.09. The molecule has 0 amide bonds. The van der Waals surface area contributed by atoms with Crippen LogP contribution in [0.5, 0.6) is 0 Å². The zero-order chi connectivity index (χ0) is 12.5. The molecule has 0 saturated heterocycles. The topological polar surface area (TPSA) is 51.0 Å². The average molecular weight is 237 g/mol. The molecule has 1 unspecified atom stereocenters. The maximum atomic E-state index is 5.70. The lowest BCUT2D eigenvalue weighted by atomic mass is 10.1. The smallest absolute Gasteiger partial charge is 0.219 e. The Hall–Kier alpha value is -0.900. The molecular formula is C13H23N3O. The first kappa shape index (κ1) is 12.6. The van der Waals surface area contributed by atoms with E-state index in [1.54, 1.807) is 0 Å². The number of hydrogen-bond acceptors (Lipinski definition) is 4. The molecule has 1 aromatic heterocycles. The Balaban J connectivity index is 1.81. The standard InChI is InChI=1S/C13H23N3O/c1-9(10-5-6-10)12-16-15-11(17-12)7-8-14-13(2,3)4/h9-10,14H,5-8H2,1-4H3. The molecule has 96 valence electrons. The normalized spacial score (nSPS) is 18.4. The molecule has 0 bridgehead atoms. The van der Waals surface area contributed by atoms with Gasteiger partial charge in [0.2, 0.25) is 11.8 Å². The summed E-state index contributed by atoms with van der Waals surface area (Å²) in [5.41, 5.74) is 0.143. The third-order valence-corrected chi connectivity index (χ3v) is 3.20. The van der Waals surface area contributed by atoms with Crippen molar-refractivity contribution in [3.8, 4) is 0 Å². The van der Waals surface area contributed by atoms with E-state index in [1.165, 1.54) is 12.8 Å². The van der Waals surface area contributed by atoms with Gasteiger partial charge in [0, 0.05) is 24.4 Å². The number of nitrogens with zero attached hydrogens (tertiary/aromatic N) is 2. The minimum absolute atomic E-state index is 0.143. The Morgan fingerprint density at radius 1 is 1.35 bits per heavy atom. The molecule has 0 radical (unpaired) electrons. The van der Waals surface area contributed by atoms with Crippen LogP contribution in [-0.4, -0.2) is 22.3 Å². The van der Waals surface area contributed by atoms with Crippen molar-refractivity contribution in [3.63, 3.8) is 0 Å². The predicted octanol–water partition coefficient (Wildman–Crippen LogP) is 2.51. The van der Waals surface area contributed by atoms with Crippen molar-refractivity contribution in [2.24, 2.45) is 5.92 Å². The van der Waals surface area contributed by atoms with Crippen molar-refractivity contribution >= 4 is 0 Å². The van der Waals surface area contributed by atoms with Gasteiger partial charge in [-0.2, -0.15) is 0 Å². The molecule has 0 aliphatic heterocycles. The third kappa shape index (κ3) is 3.80. The highest BCUT2D eigenvalue weighted by Gasteiger charge is 2.32. The van der Waals surface area contributed by atoms with Crippen LogP contribution in [0.2, 0.25) is 0 Å². The van der Waals surface area contributed by atoms with Crippen LogP contribution in [0.25, 0.3) is 0 Å². The summed E-state index contributed by atoms with van der Waals surface area (Å²) in [5, 5.41) is 11.7. The van der Waals surface area contributed by atoms with Crippen LogP contribution in [0.3, 0.4) is 0 Å². The van der Waals surface area contributed by atoms with Crippen LogP contribution in [0.1, 0.15) is 58.2 Å². The molecule has 0 spiro atoms. The van der Waals surface area contributed by atoms with Gasteiger partial charge in [-0.3, -0.25) is 0 Å². The maximum Gasteiger partial charge on any atom is 0.219 e. The Labute approximate surface area is 103 Å². The van der Waals surface area contributed by atoms with Crippen molar-refractivity contribution in [1.29, 1.82) is 0 Å². The monoisotopic (exact) mass is 237 g/mol. The van der Waals surface area contributed by atoms with Crippen molar-refractivity contribution in [3.05, 3.63) is 11.8 Å². The van der Waals surface area contributed by atoms with E-state index in [2.05, 4.69) is 43.2 Å². The van der Waals surface area contributed by atoms with E-state index in [0.29, 0.717) is 5.92 Å². The Morgan fingerprint density at radius 2 is 2.06 bits per heavy atom. The Bertz CT molecular complexity index is 363. The molecule has 1 heterocycles. The van der Waals surface area contributed by atoms with Crippen LogP contribution >= 0.6 is 0 Å². The van der Waals surface area contributed by atoms with Gasteiger partial charge in [-0.1, -0.05) is 6.92 Å². The highest BCUT2D eigenvalue weighted by atomic mass is 16.4. The summed E-state index contributed by atoms with van der Waals surface area (Å²) in [6.07, 6.45) is 3.43. The molecule has 1 aromatic rings. The van der Waals surface area contributed by atoms with Gasteiger partial charge in [0.15, 0.2) is 0 Å². The molecule has 1 aliphatic carbocycles. The summed E-state index contributed by atoms with van der Waals surface area (Å²) in [5.74, 6) is 2.78. The van der Waals surface area contributed by atoms with E-state index in [9.17, 15) is 0 Å². The van der Waals surface area contributed by atoms with Crippen LogP contribution in [0.4, 0.5) is 0 Å². The van der Waals surface area contributed by atoms with Crippen LogP contribution < -0.4 is 5.32 Å². The zero-order valence-electron chi connectivity index (χ0n) is 11.3. The first-order valence-corrected chi connectivity index (χ1v) is 6.53. The highest BCUT2D eigenvalue weighted by molar-refractivity contribution is 4.97. The summed E-state index contributed by atoms with van der Waals surface area (Å²) < 4.78 is 5.70. The quantitative estimate of drug-likeness (QED) is 0.855. The minimum atomic E-state index is 0.143. The van der Waals surface area contributed by atoms with E-state index in [1.807, 2.05) is 0 Å². The first-order chi connectivity index (χ1) is 7.96. The summed E-state index contributed by atoms with van der Waals surface area (Å²) in [7, 11) is 0. The van der Waals surface area contributed by atoms with Crippen molar-refractivity contribution in [1.82, 2.24) is 15.5 Å².